The van der Waals surface area contributed by atoms with Gasteiger partial charge in [0.15, 0.2) is 0 Å². The van der Waals surface area contributed by atoms with Crippen molar-refractivity contribution in [3.8, 4) is 5.75 Å². The average Bonchev–Trinajstić information content (AvgIpc) is 3.22. The number of hydrogen-bond donors (Lipinski definition) is 1. The minimum absolute atomic E-state index is 0.0276. The summed E-state index contributed by atoms with van der Waals surface area (Å²) >= 11 is 1.66. The minimum Gasteiger partial charge on any atom is -0.497 e. The van der Waals surface area contributed by atoms with E-state index in [1.54, 1.807) is 18.4 Å². The van der Waals surface area contributed by atoms with E-state index in [2.05, 4.69) is 71.4 Å². The molecule has 0 unspecified atom stereocenters. The lowest BCUT2D eigenvalue weighted by molar-refractivity contribution is 0.102. The minimum atomic E-state index is -0.0783. The summed E-state index contributed by atoms with van der Waals surface area (Å²) < 4.78 is 5.44. The van der Waals surface area contributed by atoms with E-state index in [1.165, 1.54) is 27.3 Å². The van der Waals surface area contributed by atoms with Gasteiger partial charge < -0.3 is 15.0 Å². The van der Waals surface area contributed by atoms with E-state index in [4.69, 9.17) is 4.74 Å². The maximum Gasteiger partial charge on any atom is 0.256 e. The first-order valence-electron chi connectivity index (χ1n) is 12.7. The van der Waals surface area contributed by atoms with Crippen LogP contribution in [0.15, 0.2) is 84.9 Å². The maximum atomic E-state index is 13.2. The van der Waals surface area contributed by atoms with Crippen LogP contribution in [0.25, 0.3) is 0 Å². The van der Waals surface area contributed by atoms with E-state index in [0.29, 0.717) is 5.56 Å². The first kappa shape index (κ1) is 25.1. The highest BCUT2D eigenvalue weighted by Crippen LogP contribution is 2.43. The molecule has 1 saturated heterocycles. The molecule has 1 amide bonds. The molecule has 1 N–H and O–H groups in total. The fraction of sp³-hybridized carbons (Fsp3) is 0.258. The van der Waals surface area contributed by atoms with Gasteiger partial charge in [0.05, 0.1) is 13.2 Å². The van der Waals surface area contributed by atoms with Crippen molar-refractivity contribution in [2.45, 2.75) is 19.9 Å². The van der Waals surface area contributed by atoms with Crippen LogP contribution in [0, 0.1) is 13.8 Å². The van der Waals surface area contributed by atoms with Crippen molar-refractivity contribution < 1.29 is 9.53 Å². The highest BCUT2D eigenvalue weighted by atomic mass is 32.1. The molecule has 190 valence electrons. The molecule has 1 fully saturated rings. The summed E-state index contributed by atoms with van der Waals surface area (Å²) in [6.45, 7) is 8.06. The first-order chi connectivity index (χ1) is 18.0. The van der Waals surface area contributed by atoms with Gasteiger partial charge in [-0.05, 0) is 61.4 Å². The first-order valence-corrected chi connectivity index (χ1v) is 13.5. The topological polar surface area (TPSA) is 44.8 Å². The average molecular weight is 512 g/mol. The molecule has 0 bridgehead atoms. The van der Waals surface area contributed by atoms with E-state index in [9.17, 15) is 4.79 Å². The number of anilines is 2. The second-order valence-electron chi connectivity index (χ2n) is 9.38. The Kier molecular flexibility index (Phi) is 7.58. The lowest BCUT2D eigenvalue weighted by Crippen LogP contribution is -2.48. The van der Waals surface area contributed by atoms with Crippen LogP contribution in [-0.2, 0) is 0 Å². The summed E-state index contributed by atoms with van der Waals surface area (Å²) in [5.74, 6) is 0.762. The molecule has 0 radical (unpaired) electrons. The summed E-state index contributed by atoms with van der Waals surface area (Å²) in [5, 5.41) is 4.18. The van der Waals surface area contributed by atoms with Gasteiger partial charge in [0.1, 0.15) is 10.8 Å². The number of thiophene rings is 1. The molecule has 0 saturated carbocycles. The van der Waals surface area contributed by atoms with Crippen LogP contribution in [-0.4, -0.2) is 44.1 Å². The second-order valence-corrected chi connectivity index (χ2v) is 10.6. The molecule has 6 heteroatoms. The molecule has 1 aromatic heterocycles. The number of hydrogen-bond acceptors (Lipinski definition) is 5. The number of para-hydroxylation sites is 1. The number of methoxy groups -OCH3 is 1. The van der Waals surface area contributed by atoms with Gasteiger partial charge in [-0.3, -0.25) is 9.69 Å². The zero-order chi connectivity index (χ0) is 25.8. The third kappa shape index (κ3) is 5.41. The van der Waals surface area contributed by atoms with Crippen molar-refractivity contribution in [3.63, 3.8) is 0 Å². The third-order valence-corrected chi connectivity index (χ3v) is 8.34. The normalized spacial score (nSPS) is 14.8. The van der Waals surface area contributed by atoms with Crippen LogP contribution in [0.2, 0.25) is 0 Å². The Hall–Kier alpha value is -3.61. The molecule has 5 nitrogen and oxygen atoms in total. The lowest BCUT2D eigenvalue weighted by atomic mass is 9.94. The van der Waals surface area contributed by atoms with Gasteiger partial charge in [-0.15, -0.1) is 11.3 Å². The van der Waals surface area contributed by atoms with Crippen molar-refractivity contribution in [3.05, 3.63) is 112 Å². The zero-order valence-electron chi connectivity index (χ0n) is 21.6. The van der Waals surface area contributed by atoms with Gasteiger partial charge in [0, 0.05) is 47.9 Å². The van der Waals surface area contributed by atoms with Gasteiger partial charge >= 0.3 is 0 Å². The number of aryl methyl sites for hydroxylation is 1. The number of amides is 1. The molecule has 0 spiro atoms. The van der Waals surface area contributed by atoms with Gasteiger partial charge in [0.25, 0.3) is 5.91 Å². The number of nitrogens with one attached hydrogen (secondary N) is 1. The number of benzene rings is 3. The number of nitrogens with zero attached hydrogens (tertiary/aromatic N) is 2. The number of piperazine rings is 1. The Morgan fingerprint density at radius 1 is 0.865 bits per heavy atom. The van der Waals surface area contributed by atoms with Crippen molar-refractivity contribution in [2.75, 3.05) is 43.5 Å². The Bertz CT molecular complexity index is 1330. The smallest absolute Gasteiger partial charge is 0.256 e. The molecular formula is C31H33N3O2S. The van der Waals surface area contributed by atoms with Crippen molar-refractivity contribution >= 4 is 27.9 Å². The standard InChI is InChI=1S/C31H33N3O2S/c1-22-23(2)37-31(32-30(35)25-10-6-4-7-11-25)28(22)29(24-14-16-27(36-3)17-15-24)34-20-18-33(19-21-34)26-12-8-5-9-13-26/h4-17,29H,18-21H2,1-3H3,(H,32,35)/t29-/m0/s1. The molecule has 5 rings (SSSR count). The molecule has 0 aliphatic carbocycles. The number of carbonyl (C=O) groups is 1. The van der Waals surface area contributed by atoms with E-state index in [0.717, 1.165) is 36.9 Å². The summed E-state index contributed by atoms with van der Waals surface area (Å²) in [6, 6.07) is 28.4. The zero-order valence-corrected chi connectivity index (χ0v) is 22.4. The third-order valence-electron chi connectivity index (χ3n) is 7.20. The van der Waals surface area contributed by atoms with E-state index in [1.807, 2.05) is 42.5 Å². The monoisotopic (exact) mass is 511 g/mol. The highest BCUT2D eigenvalue weighted by molar-refractivity contribution is 7.16. The van der Waals surface area contributed by atoms with Crippen molar-refractivity contribution in [2.24, 2.45) is 0 Å². The van der Waals surface area contributed by atoms with Crippen LogP contribution >= 0.6 is 11.3 Å². The van der Waals surface area contributed by atoms with E-state index >= 15 is 0 Å². The molecule has 1 aliphatic heterocycles. The number of rotatable bonds is 7. The molecule has 37 heavy (non-hydrogen) atoms. The molecule has 1 atom stereocenters. The van der Waals surface area contributed by atoms with Crippen LogP contribution in [0.4, 0.5) is 10.7 Å². The quantitative estimate of drug-likeness (QED) is 0.306. The van der Waals surface area contributed by atoms with Crippen LogP contribution < -0.4 is 15.0 Å². The second kappa shape index (κ2) is 11.2. The predicted octanol–water partition coefficient (Wildman–Crippen LogP) is 6.54. The lowest BCUT2D eigenvalue weighted by Gasteiger charge is -2.41. The van der Waals surface area contributed by atoms with Crippen LogP contribution in [0.3, 0.4) is 0 Å². The Morgan fingerprint density at radius 3 is 2.11 bits per heavy atom. The molecular weight excluding hydrogens is 478 g/mol. The SMILES string of the molecule is COc1ccc([C@@H](c2c(NC(=O)c3ccccc3)sc(C)c2C)N2CCN(c3ccccc3)CC2)cc1. The van der Waals surface area contributed by atoms with Crippen LogP contribution in [0.5, 0.6) is 5.75 Å². The van der Waals surface area contributed by atoms with E-state index in [-0.39, 0.29) is 11.9 Å². The van der Waals surface area contributed by atoms with Crippen molar-refractivity contribution in [1.29, 1.82) is 0 Å². The fourth-order valence-electron chi connectivity index (χ4n) is 5.05. The summed E-state index contributed by atoms with van der Waals surface area (Å²) in [6.07, 6.45) is 0. The largest absolute Gasteiger partial charge is 0.497 e. The Morgan fingerprint density at radius 2 is 1.49 bits per heavy atom. The summed E-state index contributed by atoms with van der Waals surface area (Å²) in [5.41, 5.74) is 5.55. The number of carbonyl (C=O) groups excluding carboxylic acids is 1. The molecule has 3 aromatic carbocycles. The van der Waals surface area contributed by atoms with Crippen LogP contribution in [0.1, 0.15) is 38.0 Å². The molecule has 2 heterocycles. The van der Waals surface area contributed by atoms with Gasteiger partial charge in [-0.2, -0.15) is 0 Å². The Balaban J connectivity index is 1.49. The van der Waals surface area contributed by atoms with Crippen molar-refractivity contribution in [1.82, 2.24) is 4.90 Å². The highest BCUT2D eigenvalue weighted by Gasteiger charge is 2.31. The number of ether oxygens (including phenoxy) is 1. The molecule has 4 aromatic rings. The fourth-order valence-corrected chi connectivity index (χ4v) is 6.14. The van der Waals surface area contributed by atoms with Gasteiger partial charge in [-0.1, -0.05) is 48.5 Å². The summed E-state index contributed by atoms with van der Waals surface area (Å²) in [4.78, 5) is 19.4. The molecule has 1 aliphatic rings. The maximum absolute atomic E-state index is 13.2. The predicted molar refractivity (Wildman–Crippen MR) is 153 cm³/mol. The van der Waals surface area contributed by atoms with Gasteiger partial charge in [0.2, 0.25) is 0 Å². The van der Waals surface area contributed by atoms with E-state index < -0.39 is 0 Å². The Labute approximate surface area is 223 Å². The van der Waals surface area contributed by atoms with Gasteiger partial charge in [-0.25, -0.2) is 0 Å². The summed E-state index contributed by atoms with van der Waals surface area (Å²) in [7, 11) is 1.69.